The van der Waals surface area contributed by atoms with Crippen molar-refractivity contribution in [1.29, 1.82) is 0 Å². The van der Waals surface area contributed by atoms with E-state index in [1.54, 1.807) is 6.07 Å². The monoisotopic (exact) mass is 292 g/mol. The Morgan fingerprint density at radius 2 is 2.20 bits per heavy atom. The Morgan fingerprint density at radius 3 is 2.95 bits per heavy atom. The van der Waals surface area contributed by atoms with Gasteiger partial charge in [-0.15, -0.1) is 0 Å². The number of benzene rings is 1. The standard InChI is InChI=1S/C16H21ClN2O/c1-11-6-7-12(17)10-13(11)16(20)19-9-3-5-15(19)14-4-2-8-18-14/h6-7,10,14-15,18H,2-5,8-9H2,1H3. The van der Waals surface area contributed by atoms with E-state index in [0.29, 0.717) is 17.1 Å². The van der Waals surface area contributed by atoms with Gasteiger partial charge in [0.2, 0.25) is 0 Å². The summed E-state index contributed by atoms with van der Waals surface area (Å²) < 4.78 is 0. The van der Waals surface area contributed by atoms with Crippen molar-refractivity contribution in [2.45, 2.75) is 44.7 Å². The van der Waals surface area contributed by atoms with Crippen molar-refractivity contribution in [2.75, 3.05) is 13.1 Å². The predicted molar refractivity (Wildman–Crippen MR) is 81.3 cm³/mol. The number of carbonyl (C=O) groups excluding carboxylic acids is 1. The van der Waals surface area contributed by atoms with E-state index in [0.717, 1.165) is 37.1 Å². The van der Waals surface area contributed by atoms with E-state index in [2.05, 4.69) is 10.2 Å². The van der Waals surface area contributed by atoms with Gasteiger partial charge in [0.05, 0.1) is 0 Å². The second-order valence-corrected chi connectivity index (χ2v) is 6.31. The smallest absolute Gasteiger partial charge is 0.254 e. The molecule has 2 unspecified atom stereocenters. The topological polar surface area (TPSA) is 32.3 Å². The van der Waals surface area contributed by atoms with Gasteiger partial charge in [0.1, 0.15) is 0 Å². The maximum atomic E-state index is 12.8. The Balaban J connectivity index is 1.83. The van der Waals surface area contributed by atoms with E-state index in [1.807, 2.05) is 19.1 Å². The highest BCUT2D eigenvalue weighted by Gasteiger charge is 2.36. The van der Waals surface area contributed by atoms with Gasteiger partial charge in [0, 0.05) is 29.2 Å². The number of rotatable bonds is 2. The molecule has 2 atom stereocenters. The van der Waals surface area contributed by atoms with Gasteiger partial charge in [-0.2, -0.15) is 0 Å². The lowest BCUT2D eigenvalue weighted by atomic mass is 10.0. The number of hydrogen-bond acceptors (Lipinski definition) is 2. The maximum absolute atomic E-state index is 12.8. The fourth-order valence-electron chi connectivity index (χ4n) is 3.48. The van der Waals surface area contributed by atoms with Crippen molar-refractivity contribution in [2.24, 2.45) is 0 Å². The molecular formula is C16H21ClN2O. The summed E-state index contributed by atoms with van der Waals surface area (Å²) in [6.07, 6.45) is 4.62. The van der Waals surface area contributed by atoms with E-state index >= 15 is 0 Å². The minimum atomic E-state index is 0.140. The fourth-order valence-corrected chi connectivity index (χ4v) is 3.65. The number of halogens is 1. The molecule has 3 rings (SSSR count). The molecule has 1 aromatic rings. The summed E-state index contributed by atoms with van der Waals surface area (Å²) in [5, 5.41) is 4.17. The van der Waals surface area contributed by atoms with Crippen LogP contribution < -0.4 is 5.32 Å². The van der Waals surface area contributed by atoms with E-state index in [9.17, 15) is 4.79 Å². The molecule has 3 nitrogen and oxygen atoms in total. The van der Waals surface area contributed by atoms with Crippen molar-refractivity contribution in [1.82, 2.24) is 10.2 Å². The zero-order valence-corrected chi connectivity index (χ0v) is 12.6. The maximum Gasteiger partial charge on any atom is 0.254 e. The predicted octanol–water partition coefficient (Wildman–Crippen LogP) is 3.01. The van der Waals surface area contributed by atoms with Gasteiger partial charge >= 0.3 is 0 Å². The van der Waals surface area contributed by atoms with Crippen LogP contribution in [0.3, 0.4) is 0 Å². The number of amides is 1. The van der Waals surface area contributed by atoms with Crippen LogP contribution in [-0.4, -0.2) is 36.0 Å². The highest BCUT2D eigenvalue weighted by atomic mass is 35.5. The Kier molecular flexibility index (Phi) is 3.99. The molecule has 1 N–H and O–H groups in total. The first kappa shape index (κ1) is 13.9. The lowest BCUT2D eigenvalue weighted by Gasteiger charge is -2.30. The molecule has 4 heteroatoms. The Hall–Kier alpha value is -1.06. The Bertz CT molecular complexity index is 511. The number of aryl methyl sites for hydroxylation is 1. The Morgan fingerprint density at radius 1 is 1.35 bits per heavy atom. The van der Waals surface area contributed by atoms with Crippen LogP contribution >= 0.6 is 11.6 Å². The summed E-state index contributed by atoms with van der Waals surface area (Å²) >= 11 is 6.05. The summed E-state index contributed by atoms with van der Waals surface area (Å²) in [4.78, 5) is 14.9. The van der Waals surface area contributed by atoms with Crippen molar-refractivity contribution < 1.29 is 4.79 Å². The van der Waals surface area contributed by atoms with Crippen LogP contribution in [0.25, 0.3) is 0 Å². The van der Waals surface area contributed by atoms with Crippen molar-refractivity contribution >= 4 is 17.5 Å². The number of nitrogens with zero attached hydrogens (tertiary/aromatic N) is 1. The molecule has 2 aliphatic heterocycles. The fraction of sp³-hybridized carbons (Fsp3) is 0.562. The largest absolute Gasteiger partial charge is 0.334 e. The molecule has 2 fully saturated rings. The molecule has 0 bridgehead atoms. The summed E-state index contributed by atoms with van der Waals surface area (Å²) in [5.74, 6) is 0.140. The molecule has 1 aromatic carbocycles. The van der Waals surface area contributed by atoms with Crippen molar-refractivity contribution in [3.63, 3.8) is 0 Å². The third-order valence-electron chi connectivity index (χ3n) is 4.55. The molecule has 0 aromatic heterocycles. The van der Waals surface area contributed by atoms with Gasteiger partial charge < -0.3 is 10.2 Å². The summed E-state index contributed by atoms with van der Waals surface area (Å²) in [6.45, 7) is 3.93. The summed E-state index contributed by atoms with van der Waals surface area (Å²) in [7, 11) is 0. The molecule has 2 heterocycles. The van der Waals surface area contributed by atoms with Crippen LogP contribution in [0.1, 0.15) is 41.6 Å². The number of carbonyl (C=O) groups is 1. The van der Waals surface area contributed by atoms with Crippen LogP contribution in [0.5, 0.6) is 0 Å². The van der Waals surface area contributed by atoms with Gasteiger partial charge in [0.15, 0.2) is 0 Å². The zero-order valence-electron chi connectivity index (χ0n) is 11.9. The van der Waals surface area contributed by atoms with Gasteiger partial charge in [-0.3, -0.25) is 4.79 Å². The van der Waals surface area contributed by atoms with Crippen LogP contribution in [0.4, 0.5) is 0 Å². The van der Waals surface area contributed by atoms with Crippen molar-refractivity contribution in [3.05, 3.63) is 34.3 Å². The first-order valence-corrected chi connectivity index (χ1v) is 7.85. The average Bonchev–Trinajstić information content (AvgIpc) is 3.10. The normalized spacial score (nSPS) is 26.2. The quantitative estimate of drug-likeness (QED) is 0.909. The molecule has 0 saturated carbocycles. The summed E-state index contributed by atoms with van der Waals surface area (Å²) in [5.41, 5.74) is 1.76. The van der Waals surface area contributed by atoms with Gasteiger partial charge in [-0.25, -0.2) is 0 Å². The molecule has 0 spiro atoms. The molecular weight excluding hydrogens is 272 g/mol. The molecule has 0 radical (unpaired) electrons. The lowest BCUT2D eigenvalue weighted by molar-refractivity contribution is 0.0710. The summed E-state index contributed by atoms with van der Waals surface area (Å²) in [6, 6.07) is 6.39. The molecule has 20 heavy (non-hydrogen) atoms. The van der Waals surface area contributed by atoms with Crippen LogP contribution in [-0.2, 0) is 0 Å². The highest BCUT2D eigenvalue weighted by molar-refractivity contribution is 6.31. The minimum absolute atomic E-state index is 0.140. The molecule has 1 amide bonds. The Labute approximate surface area is 125 Å². The van der Waals surface area contributed by atoms with E-state index in [1.165, 1.54) is 12.8 Å². The van der Waals surface area contributed by atoms with E-state index < -0.39 is 0 Å². The third-order valence-corrected chi connectivity index (χ3v) is 4.79. The number of hydrogen-bond donors (Lipinski definition) is 1. The first-order chi connectivity index (χ1) is 9.66. The second-order valence-electron chi connectivity index (χ2n) is 5.87. The lowest BCUT2D eigenvalue weighted by Crippen LogP contribution is -2.46. The first-order valence-electron chi connectivity index (χ1n) is 7.47. The van der Waals surface area contributed by atoms with Gasteiger partial charge in [-0.1, -0.05) is 17.7 Å². The number of likely N-dealkylation sites (tertiary alicyclic amines) is 1. The number of nitrogens with one attached hydrogen (secondary N) is 1. The highest BCUT2D eigenvalue weighted by Crippen LogP contribution is 2.27. The van der Waals surface area contributed by atoms with Crippen molar-refractivity contribution in [3.8, 4) is 0 Å². The minimum Gasteiger partial charge on any atom is -0.334 e. The van der Waals surface area contributed by atoms with E-state index in [4.69, 9.17) is 11.6 Å². The molecule has 2 saturated heterocycles. The second kappa shape index (κ2) is 5.74. The zero-order chi connectivity index (χ0) is 14.1. The van der Waals surface area contributed by atoms with E-state index in [-0.39, 0.29) is 5.91 Å². The van der Waals surface area contributed by atoms with Gasteiger partial charge in [0.25, 0.3) is 5.91 Å². The van der Waals surface area contributed by atoms with Crippen LogP contribution in [0.2, 0.25) is 5.02 Å². The molecule has 0 aliphatic carbocycles. The average molecular weight is 293 g/mol. The van der Waals surface area contributed by atoms with Gasteiger partial charge in [-0.05, 0) is 56.8 Å². The molecule has 108 valence electrons. The van der Waals surface area contributed by atoms with Crippen LogP contribution in [0, 0.1) is 6.92 Å². The SMILES string of the molecule is Cc1ccc(Cl)cc1C(=O)N1CCCC1C1CCCN1. The van der Waals surface area contributed by atoms with Crippen LogP contribution in [0.15, 0.2) is 18.2 Å². The third kappa shape index (κ3) is 2.57. The molecule has 2 aliphatic rings.